The maximum Gasteiger partial charge on any atom is 0.419 e. The Kier molecular flexibility index (Phi) is 2.98. The van der Waals surface area contributed by atoms with E-state index in [0.29, 0.717) is 6.42 Å². The van der Waals surface area contributed by atoms with Gasteiger partial charge in [0.1, 0.15) is 0 Å². The predicted molar refractivity (Wildman–Crippen MR) is 44.7 cm³/mol. The first kappa shape index (κ1) is 10.5. The molecule has 1 unspecified atom stereocenters. The minimum atomic E-state index is -4.56. The van der Waals surface area contributed by atoms with Gasteiger partial charge < -0.3 is 5.11 Å². The highest BCUT2D eigenvalue weighted by Crippen LogP contribution is 2.35. The first-order valence-corrected chi connectivity index (χ1v) is 4.60. The molecule has 0 amide bonds. The molecular formula is C8H9F3OS. The molecule has 13 heavy (non-hydrogen) atoms. The van der Waals surface area contributed by atoms with Gasteiger partial charge in [-0.1, -0.05) is 6.92 Å². The van der Waals surface area contributed by atoms with Gasteiger partial charge in [0.05, 0.1) is 0 Å². The van der Waals surface area contributed by atoms with E-state index < -0.39 is 12.3 Å². The van der Waals surface area contributed by atoms with Crippen LogP contribution in [0.5, 0.6) is 0 Å². The molecule has 0 saturated carbocycles. The summed E-state index contributed by atoms with van der Waals surface area (Å²) < 4.78 is 36.0. The standard InChI is InChI=1S/C8H9F3OS/c1-2-5-3-4-6(13-5)7(12)8(9,10)11/h3-4,7,12H,2H2,1H3. The van der Waals surface area contributed by atoms with E-state index in [-0.39, 0.29) is 4.88 Å². The van der Waals surface area contributed by atoms with Crippen LogP contribution in [-0.4, -0.2) is 11.3 Å². The zero-order valence-electron chi connectivity index (χ0n) is 6.93. The molecule has 1 atom stereocenters. The van der Waals surface area contributed by atoms with Crippen molar-refractivity contribution in [3.05, 3.63) is 21.9 Å². The molecule has 0 fully saturated rings. The molecule has 0 aliphatic rings. The van der Waals surface area contributed by atoms with Crippen LogP contribution in [0.2, 0.25) is 0 Å². The number of aliphatic hydroxyl groups is 1. The fourth-order valence-corrected chi connectivity index (χ4v) is 1.86. The van der Waals surface area contributed by atoms with Gasteiger partial charge in [-0.15, -0.1) is 11.3 Å². The van der Waals surface area contributed by atoms with Gasteiger partial charge in [0, 0.05) is 9.75 Å². The summed E-state index contributed by atoms with van der Waals surface area (Å²) in [7, 11) is 0. The summed E-state index contributed by atoms with van der Waals surface area (Å²) in [4.78, 5) is 0.808. The van der Waals surface area contributed by atoms with Crippen molar-refractivity contribution in [2.75, 3.05) is 0 Å². The van der Waals surface area contributed by atoms with Crippen molar-refractivity contribution in [1.82, 2.24) is 0 Å². The summed E-state index contributed by atoms with van der Waals surface area (Å²) in [6.45, 7) is 1.86. The Balaban J connectivity index is 2.83. The lowest BCUT2D eigenvalue weighted by molar-refractivity contribution is -0.205. The molecular weight excluding hydrogens is 201 g/mol. The molecule has 0 aliphatic heterocycles. The second-order valence-electron chi connectivity index (χ2n) is 2.60. The van der Waals surface area contributed by atoms with Crippen LogP contribution in [0, 0.1) is 0 Å². The lowest BCUT2D eigenvalue weighted by Gasteiger charge is -2.11. The Bertz CT molecular complexity index is 279. The normalized spacial score (nSPS) is 14.5. The quantitative estimate of drug-likeness (QED) is 0.795. The Morgan fingerprint density at radius 2 is 2.08 bits per heavy atom. The molecule has 1 rings (SSSR count). The molecule has 0 radical (unpaired) electrons. The molecule has 1 nitrogen and oxygen atoms in total. The fourth-order valence-electron chi connectivity index (χ4n) is 0.893. The number of alkyl halides is 3. The van der Waals surface area contributed by atoms with Gasteiger partial charge in [0.25, 0.3) is 0 Å². The zero-order chi connectivity index (χ0) is 10.1. The Morgan fingerprint density at radius 1 is 1.46 bits per heavy atom. The monoisotopic (exact) mass is 210 g/mol. The van der Waals surface area contributed by atoms with Gasteiger partial charge in [-0.05, 0) is 18.6 Å². The van der Waals surface area contributed by atoms with E-state index in [1.165, 1.54) is 6.07 Å². The molecule has 1 N–H and O–H groups in total. The number of thiophene rings is 1. The van der Waals surface area contributed by atoms with Crippen LogP contribution >= 0.6 is 11.3 Å². The van der Waals surface area contributed by atoms with Crippen LogP contribution in [0.25, 0.3) is 0 Å². The molecule has 1 aromatic heterocycles. The minimum absolute atomic E-state index is 0.0376. The van der Waals surface area contributed by atoms with Gasteiger partial charge in [-0.3, -0.25) is 0 Å². The van der Waals surface area contributed by atoms with E-state index in [9.17, 15) is 13.2 Å². The number of aryl methyl sites for hydroxylation is 1. The maximum absolute atomic E-state index is 12.0. The van der Waals surface area contributed by atoms with Crippen molar-refractivity contribution < 1.29 is 18.3 Å². The highest BCUT2D eigenvalue weighted by Gasteiger charge is 2.40. The fraction of sp³-hybridized carbons (Fsp3) is 0.500. The van der Waals surface area contributed by atoms with Crippen molar-refractivity contribution in [3.8, 4) is 0 Å². The van der Waals surface area contributed by atoms with E-state index in [4.69, 9.17) is 5.11 Å². The molecule has 0 spiro atoms. The molecule has 0 saturated heterocycles. The van der Waals surface area contributed by atoms with Gasteiger partial charge in [0.2, 0.25) is 0 Å². The maximum atomic E-state index is 12.0. The SMILES string of the molecule is CCc1ccc(C(O)C(F)(F)F)s1. The Morgan fingerprint density at radius 3 is 2.46 bits per heavy atom. The molecule has 0 bridgehead atoms. The van der Waals surface area contributed by atoms with Crippen molar-refractivity contribution in [2.24, 2.45) is 0 Å². The van der Waals surface area contributed by atoms with Gasteiger partial charge >= 0.3 is 6.18 Å². The van der Waals surface area contributed by atoms with Crippen LogP contribution in [0.15, 0.2) is 12.1 Å². The summed E-state index contributed by atoms with van der Waals surface area (Å²) >= 11 is 0.998. The predicted octanol–water partition coefficient (Wildman–Crippen LogP) is 2.91. The third-order valence-electron chi connectivity index (χ3n) is 1.61. The highest BCUT2D eigenvalue weighted by molar-refractivity contribution is 7.12. The molecule has 0 aromatic carbocycles. The lowest BCUT2D eigenvalue weighted by atomic mass is 10.3. The first-order valence-electron chi connectivity index (χ1n) is 3.78. The second kappa shape index (κ2) is 3.67. The summed E-state index contributed by atoms with van der Waals surface area (Å²) in [5.74, 6) is 0. The van der Waals surface area contributed by atoms with Crippen LogP contribution in [-0.2, 0) is 6.42 Å². The van der Waals surface area contributed by atoms with Crippen molar-refractivity contribution in [2.45, 2.75) is 25.6 Å². The van der Waals surface area contributed by atoms with Crippen LogP contribution in [0.4, 0.5) is 13.2 Å². The number of aliphatic hydroxyl groups excluding tert-OH is 1. The Hall–Kier alpha value is -0.550. The highest BCUT2D eigenvalue weighted by atomic mass is 32.1. The van der Waals surface area contributed by atoms with E-state index in [2.05, 4.69) is 0 Å². The summed E-state index contributed by atoms with van der Waals surface area (Å²) in [5.41, 5.74) is 0. The van der Waals surface area contributed by atoms with Gasteiger partial charge in [-0.25, -0.2) is 0 Å². The average molecular weight is 210 g/mol. The van der Waals surface area contributed by atoms with Crippen molar-refractivity contribution >= 4 is 11.3 Å². The smallest absolute Gasteiger partial charge is 0.379 e. The largest absolute Gasteiger partial charge is 0.419 e. The van der Waals surface area contributed by atoms with E-state index in [1.807, 2.05) is 6.92 Å². The topological polar surface area (TPSA) is 20.2 Å². The molecule has 74 valence electrons. The second-order valence-corrected chi connectivity index (χ2v) is 3.80. The van der Waals surface area contributed by atoms with E-state index in [0.717, 1.165) is 16.2 Å². The van der Waals surface area contributed by atoms with Crippen LogP contribution in [0.1, 0.15) is 22.8 Å². The molecule has 0 aliphatic carbocycles. The molecule has 1 aromatic rings. The summed E-state index contributed by atoms with van der Waals surface area (Å²) in [6, 6.07) is 2.93. The van der Waals surface area contributed by atoms with Crippen LogP contribution < -0.4 is 0 Å². The number of rotatable bonds is 2. The summed E-state index contributed by atoms with van der Waals surface area (Å²) in [6.07, 6.45) is -6.21. The number of hydrogen-bond acceptors (Lipinski definition) is 2. The van der Waals surface area contributed by atoms with E-state index in [1.54, 1.807) is 6.07 Å². The van der Waals surface area contributed by atoms with Gasteiger partial charge in [-0.2, -0.15) is 13.2 Å². The van der Waals surface area contributed by atoms with Crippen molar-refractivity contribution in [3.63, 3.8) is 0 Å². The average Bonchev–Trinajstić information content (AvgIpc) is 2.48. The molecule has 1 heterocycles. The third-order valence-corrected chi connectivity index (χ3v) is 2.89. The van der Waals surface area contributed by atoms with Crippen molar-refractivity contribution in [1.29, 1.82) is 0 Å². The lowest BCUT2D eigenvalue weighted by Crippen LogP contribution is -2.18. The zero-order valence-corrected chi connectivity index (χ0v) is 7.75. The minimum Gasteiger partial charge on any atom is -0.379 e. The van der Waals surface area contributed by atoms with Crippen LogP contribution in [0.3, 0.4) is 0 Å². The molecule has 5 heteroatoms. The third kappa shape index (κ3) is 2.45. The summed E-state index contributed by atoms with van der Waals surface area (Å²) in [5, 5.41) is 8.85. The van der Waals surface area contributed by atoms with E-state index >= 15 is 0 Å². The first-order chi connectivity index (χ1) is 5.95. The number of hydrogen-bond donors (Lipinski definition) is 1. The van der Waals surface area contributed by atoms with Gasteiger partial charge in [0.15, 0.2) is 6.10 Å². The number of halogens is 3. The Labute approximate surface area is 77.8 Å².